The smallest absolute Gasteiger partial charge is 0.228 e. The number of aliphatic hydroxyl groups is 1. The van der Waals surface area contributed by atoms with Gasteiger partial charge in [-0.15, -0.1) is 11.3 Å². The number of fused-ring (bicyclic) bond motifs is 6. The first-order chi connectivity index (χ1) is 21.7. The summed E-state index contributed by atoms with van der Waals surface area (Å²) in [6, 6.07) is 5.34. The Morgan fingerprint density at radius 1 is 1.09 bits per heavy atom. The number of aromatic nitrogens is 2. The van der Waals surface area contributed by atoms with Crippen LogP contribution in [0.3, 0.4) is 0 Å². The van der Waals surface area contributed by atoms with E-state index in [1.54, 1.807) is 6.07 Å². The van der Waals surface area contributed by atoms with Crippen LogP contribution >= 0.6 is 11.3 Å². The van der Waals surface area contributed by atoms with Crippen LogP contribution in [0.5, 0.6) is 0 Å². The Hall–Kier alpha value is -3.63. The number of nitrogens with two attached hydrogens (primary N) is 1. The average Bonchev–Trinajstić information content (AvgIpc) is 3.78. The molecule has 4 aliphatic rings. The summed E-state index contributed by atoms with van der Waals surface area (Å²) in [6.45, 7) is 8.06. The van der Waals surface area contributed by atoms with Crippen molar-refractivity contribution in [2.45, 2.75) is 64.5 Å². The number of anilines is 3. The molecule has 4 unspecified atom stereocenters. The number of hydrogen-bond acceptors (Lipinski definition) is 10. The van der Waals surface area contributed by atoms with Gasteiger partial charge >= 0.3 is 0 Å². The van der Waals surface area contributed by atoms with Gasteiger partial charge in [0.05, 0.1) is 30.3 Å². The number of likely N-dealkylation sites (tertiary alicyclic amines) is 1. The lowest BCUT2D eigenvalue weighted by atomic mass is 9.90. The van der Waals surface area contributed by atoms with Crippen molar-refractivity contribution in [1.29, 1.82) is 5.26 Å². The normalized spacial score (nSPS) is 23.8. The lowest BCUT2D eigenvalue weighted by Gasteiger charge is -2.42. The molecule has 3 fully saturated rings. The lowest BCUT2D eigenvalue weighted by Crippen LogP contribution is -2.55. The molecule has 2 aromatic carbocycles. The standard InChI is InChI=1S/C33H35F2N7O2S/c1-16-7-8-41(10-16)33-38-30-27(32(39-33)42-18-3-4-19(42)13-40(12-18)11-17(2)43)22-15-44-14-21(22)26(29(30)35)28-23(34)5-6-24-25(28)20(9-36)31(37)45-24/h5-6,16-19,43H,3-4,7-8,10-15,37H2,1-2H3. The van der Waals surface area contributed by atoms with Crippen LogP contribution in [0.25, 0.3) is 32.1 Å². The van der Waals surface area contributed by atoms with E-state index in [-0.39, 0.29) is 52.5 Å². The van der Waals surface area contributed by atoms with Gasteiger partial charge in [0.15, 0.2) is 5.82 Å². The van der Waals surface area contributed by atoms with E-state index in [0.29, 0.717) is 45.3 Å². The maximum absolute atomic E-state index is 17.4. The molecule has 2 aromatic heterocycles. The summed E-state index contributed by atoms with van der Waals surface area (Å²) in [6.07, 6.45) is 2.53. The van der Waals surface area contributed by atoms with Crippen molar-refractivity contribution < 1.29 is 18.6 Å². The van der Waals surface area contributed by atoms with Crippen molar-refractivity contribution in [3.05, 3.63) is 40.5 Å². The van der Waals surface area contributed by atoms with Gasteiger partial charge in [0.2, 0.25) is 5.95 Å². The highest BCUT2D eigenvalue weighted by Crippen LogP contribution is 2.49. The van der Waals surface area contributed by atoms with Gasteiger partial charge in [-0.2, -0.15) is 10.2 Å². The molecule has 0 spiro atoms. The molecule has 234 valence electrons. The van der Waals surface area contributed by atoms with E-state index in [2.05, 4.69) is 27.7 Å². The minimum atomic E-state index is -0.633. The zero-order valence-electron chi connectivity index (χ0n) is 25.3. The number of nitrogens with zero attached hydrogens (tertiary/aromatic N) is 6. The number of benzene rings is 2. The molecule has 8 rings (SSSR count). The van der Waals surface area contributed by atoms with Crippen LogP contribution in [0.1, 0.15) is 49.8 Å². The highest BCUT2D eigenvalue weighted by molar-refractivity contribution is 7.23. The third kappa shape index (κ3) is 4.47. The monoisotopic (exact) mass is 631 g/mol. The lowest BCUT2D eigenvalue weighted by molar-refractivity contribution is 0.111. The Balaban J connectivity index is 1.40. The second-order valence-corrected chi connectivity index (χ2v) is 14.2. The van der Waals surface area contributed by atoms with E-state index in [4.69, 9.17) is 20.4 Å². The largest absolute Gasteiger partial charge is 0.392 e. The van der Waals surface area contributed by atoms with Crippen molar-refractivity contribution in [1.82, 2.24) is 14.9 Å². The topological polar surface area (TPSA) is 115 Å². The SMILES string of the molecule is CC(O)CN1CC2CCC(C1)N2c1nc(N2CCC(C)C2)nc2c(F)c(-c3c(F)ccc4sc(N)c(C#N)c34)c3c(c12)COC3. The predicted molar refractivity (Wildman–Crippen MR) is 171 cm³/mol. The van der Waals surface area contributed by atoms with Crippen LogP contribution in [-0.2, 0) is 18.0 Å². The average molecular weight is 632 g/mol. The number of nitrogen functional groups attached to an aromatic ring is 1. The number of piperazine rings is 1. The molecule has 0 aliphatic carbocycles. The number of hydrogen-bond donors (Lipinski definition) is 2. The van der Waals surface area contributed by atoms with Crippen LogP contribution < -0.4 is 15.5 Å². The number of ether oxygens (including phenoxy) is 1. The van der Waals surface area contributed by atoms with Gasteiger partial charge < -0.3 is 25.4 Å². The fourth-order valence-electron chi connectivity index (χ4n) is 8.10. The van der Waals surface area contributed by atoms with Crippen LogP contribution in [0, 0.1) is 28.9 Å². The zero-order chi connectivity index (χ0) is 31.1. The molecule has 0 amide bonds. The van der Waals surface area contributed by atoms with Gasteiger partial charge in [0.1, 0.15) is 28.2 Å². The fraction of sp³-hybridized carbons (Fsp3) is 0.485. The third-order valence-electron chi connectivity index (χ3n) is 9.99. The summed E-state index contributed by atoms with van der Waals surface area (Å²) in [7, 11) is 0. The molecule has 9 nitrogen and oxygen atoms in total. The molecule has 3 saturated heterocycles. The maximum atomic E-state index is 17.4. The molecule has 12 heteroatoms. The van der Waals surface area contributed by atoms with E-state index >= 15 is 8.78 Å². The molecule has 0 saturated carbocycles. The van der Waals surface area contributed by atoms with E-state index in [1.807, 2.05) is 6.92 Å². The van der Waals surface area contributed by atoms with Crippen molar-refractivity contribution in [3.8, 4) is 17.2 Å². The number of thiophene rings is 1. The number of β-amino-alcohol motifs (C(OH)–C–C–N with tert-alkyl or cyclic N) is 1. The van der Waals surface area contributed by atoms with Crippen LogP contribution in [0.2, 0.25) is 0 Å². The molecule has 2 bridgehead atoms. The molecule has 4 aromatic rings. The first-order valence-electron chi connectivity index (χ1n) is 15.7. The van der Waals surface area contributed by atoms with Crippen molar-refractivity contribution in [2.24, 2.45) is 5.92 Å². The number of halogens is 2. The van der Waals surface area contributed by atoms with Crippen molar-refractivity contribution in [3.63, 3.8) is 0 Å². The molecule has 4 aliphatic heterocycles. The van der Waals surface area contributed by atoms with E-state index < -0.39 is 17.7 Å². The zero-order valence-corrected chi connectivity index (χ0v) is 26.1. The van der Waals surface area contributed by atoms with Crippen molar-refractivity contribution in [2.75, 3.05) is 48.3 Å². The maximum Gasteiger partial charge on any atom is 0.228 e. The van der Waals surface area contributed by atoms with E-state index in [1.165, 1.54) is 17.4 Å². The van der Waals surface area contributed by atoms with Gasteiger partial charge in [0, 0.05) is 66.0 Å². The molecular formula is C33H35F2N7O2S. The van der Waals surface area contributed by atoms with Gasteiger partial charge in [-0.05, 0) is 55.4 Å². The summed E-state index contributed by atoms with van der Waals surface area (Å²) in [5.74, 6) is 0.391. The Kier molecular flexibility index (Phi) is 6.87. The molecule has 45 heavy (non-hydrogen) atoms. The van der Waals surface area contributed by atoms with Gasteiger partial charge in [-0.25, -0.2) is 13.8 Å². The fourth-order valence-corrected chi connectivity index (χ4v) is 9.03. The Bertz CT molecular complexity index is 1890. The summed E-state index contributed by atoms with van der Waals surface area (Å²) in [5, 5.41) is 21.3. The highest BCUT2D eigenvalue weighted by Gasteiger charge is 2.43. The molecule has 6 heterocycles. The van der Waals surface area contributed by atoms with Crippen LogP contribution in [-0.4, -0.2) is 70.9 Å². The Morgan fingerprint density at radius 3 is 2.53 bits per heavy atom. The Morgan fingerprint density at radius 2 is 1.84 bits per heavy atom. The minimum Gasteiger partial charge on any atom is -0.392 e. The van der Waals surface area contributed by atoms with Crippen LogP contribution in [0.4, 0.5) is 25.5 Å². The van der Waals surface area contributed by atoms with E-state index in [0.717, 1.165) is 51.0 Å². The van der Waals surface area contributed by atoms with Crippen LogP contribution in [0.15, 0.2) is 12.1 Å². The molecule has 0 radical (unpaired) electrons. The summed E-state index contributed by atoms with van der Waals surface area (Å²) in [5.41, 5.74) is 7.92. The quantitative estimate of drug-likeness (QED) is 0.309. The second kappa shape index (κ2) is 10.7. The molecule has 4 atom stereocenters. The third-order valence-corrected chi connectivity index (χ3v) is 11.0. The summed E-state index contributed by atoms with van der Waals surface area (Å²) < 4.78 is 39.9. The summed E-state index contributed by atoms with van der Waals surface area (Å²) >= 11 is 1.19. The van der Waals surface area contributed by atoms with E-state index in [9.17, 15) is 10.4 Å². The number of aliphatic hydroxyl groups excluding tert-OH is 1. The van der Waals surface area contributed by atoms with Gasteiger partial charge in [0.25, 0.3) is 0 Å². The van der Waals surface area contributed by atoms with Gasteiger partial charge in [-0.1, -0.05) is 6.92 Å². The molecule has 3 N–H and O–H groups in total. The molecular weight excluding hydrogens is 596 g/mol. The number of nitriles is 1. The first kappa shape index (κ1) is 28.8. The summed E-state index contributed by atoms with van der Waals surface area (Å²) in [4.78, 5) is 16.9. The Labute approximate surface area is 263 Å². The predicted octanol–water partition coefficient (Wildman–Crippen LogP) is 5.15. The van der Waals surface area contributed by atoms with Crippen molar-refractivity contribution >= 4 is 49.1 Å². The van der Waals surface area contributed by atoms with Gasteiger partial charge in [-0.3, -0.25) is 4.90 Å². The number of rotatable bonds is 5. The highest BCUT2D eigenvalue weighted by atomic mass is 32.1. The second-order valence-electron chi connectivity index (χ2n) is 13.2. The minimum absolute atomic E-state index is 0.0291. The first-order valence-corrected chi connectivity index (χ1v) is 16.5.